The van der Waals surface area contributed by atoms with Crippen LogP contribution in [0.2, 0.25) is 0 Å². The number of Topliss-reactive ketones (excluding diaryl/α,β-unsaturated/α-hetero) is 1. The van der Waals surface area contributed by atoms with E-state index in [4.69, 9.17) is 0 Å². The molecular weight excluding hydrogens is 164 g/mol. The molecule has 1 rings (SSSR count). The molecule has 1 N–H and O–H groups in total. The van der Waals surface area contributed by atoms with Gasteiger partial charge < -0.3 is 5.32 Å². The highest BCUT2D eigenvalue weighted by Gasteiger charge is 2.03. The van der Waals surface area contributed by atoms with Gasteiger partial charge in [0, 0.05) is 24.4 Å². The number of rotatable bonds is 3. The maximum atomic E-state index is 11.0. The summed E-state index contributed by atoms with van der Waals surface area (Å²) in [5, 5.41) is 2.92. The average Bonchev–Trinajstić information content (AvgIpc) is 2.16. The number of nitrogens with zero attached hydrogens (tertiary/aromatic N) is 1. The van der Waals surface area contributed by atoms with Crippen LogP contribution in [0.3, 0.4) is 0 Å². The number of aromatic nitrogens is 1. The van der Waals surface area contributed by atoms with Crippen molar-refractivity contribution in [2.75, 3.05) is 12.4 Å². The van der Waals surface area contributed by atoms with E-state index in [0.29, 0.717) is 5.56 Å². The van der Waals surface area contributed by atoms with Gasteiger partial charge in [0.2, 0.25) is 0 Å². The summed E-state index contributed by atoms with van der Waals surface area (Å²) < 4.78 is 0. The van der Waals surface area contributed by atoms with Crippen LogP contribution >= 0.6 is 0 Å². The second kappa shape index (κ2) is 3.85. The topological polar surface area (TPSA) is 42.0 Å². The Morgan fingerprint density at radius 3 is 2.85 bits per heavy atom. The van der Waals surface area contributed by atoms with Gasteiger partial charge in [0.15, 0.2) is 5.78 Å². The standard InChI is InChI=1S/C10H12N2O/c1-4-8-5-9(7(2)13)6-12-10(8)11-3/h4-6H,1H2,2-3H3,(H,11,12). The van der Waals surface area contributed by atoms with Crippen LogP contribution in [0, 0.1) is 0 Å². The van der Waals surface area contributed by atoms with E-state index in [-0.39, 0.29) is 5.78 Å². The minimum atomic E-state index is 0.0123. The maximum absolute atomic E-state index is 11.0. The lowest BCUT2D eigenvalue weighted by molar-refractivity contribution is 0.101. The van der Waals surface area contributed by atoms with Crippen LogP contribution in [-0.2, 0) is 0 Å². The van der Waals surface area contributed by atoms with Gasteiger partial charge in [-0.25, -0.2) is 4.98 Å². The van der Waals surface area contributed by atoms with Crippen molar-refractivity contribution in [3.8, 4) is 0 Å². The molecule has 0 aromatic carbocycles. The molecule has 3 heteroatoms. The Bertz CT molecular complexity index is 345. The van der Waals surface area contributed by atoms with E-state index >= 15 is 0 Å². The van der Waals surface area contributed by atoms with Crippen LogP contribution in [-0.4, -0.2) is 17.8 Å². The normalized spacial score (nSPS) is 9.38. The summed E-state index contributed by atoms with van der Waals surface area (Å²) in [7, 11) is 1.78. The van der Waals surface area contributed by atoms with Crippen LogP contribution in [0.5, 0.6) is 0 Å². The zero-order valence-electron chi connectivity index (χ0n) is 7.79. The number of hydrogen-bond acceptors (Lipinski definition) is 3. The van der Waals surface area contributed by atoms with Gasteiger partial charge in [-0.1, -0.05) is 12.7 Å². The Hall–Kier alpha value is -1.64. The summed E-state index contributed by atoms with van der Waals surface area (Å²) in [5.41, 5.74) is 1.45. The molecule has 0 aliphatic heterocycles. The molecule has 68 valence electrons. The molecule has 0 saturated heterocycles. The fraction of sp³-hybridized carbons (Fsp3) is 0.200. The van der Waals surface area contributed by atoms with Crippen molar-refractivity contribution in [1.82, 2.24) is 4.98 Å². The SMILES string of the molecule is C=Cc1cc(C(C)=O)cnc1NC. The molecule has 0 atom stereocenters. The Balaban J connectivity index is 3.20. The van der Waals surface area contributed by atoms with Gasteiger partial charge in [0.05, 0.1) is 0 Å². The van der Waals surface area contributed by atoms with E-state index < -0.39 is 0 Å². The summed E-state index contributed by atoms with van der Waals surface area (Å²) in [6.45, 7) is 5.17. The fourth-order valence-corrected chi connectivity index (χ4v) is 1.04. The lowest BCUT2D eigenvalue weighted by atomic mass is 10.1. The average molecular weight is 176 g/mol. The van der Waals surface area contributed by atoms with E-state index in [1.807, 2.05) is 0 Å². The molecule has 0 radical (unpaired) electrons. The summed E-state index contributed by atoms with van der Waals surface area (Å²) in [5.74, 6) is 0.748. The van der Waals surface area contributed by atoms with Gasteiger partial charge in [0.1, 0.15) is 5.82 Å². The third-order valence-electron chi connectivity index (χ3n) is 1.78. The first-order valence-corrected chi connectivity index (χ1v) is 4.00. The molecule has 3 nitrogen and oxygen atoms in total. The van der Waals surface area contributed by atoms with Crippen molar-refractivity contribution in [1.29, 1.82) is 0 Å². The molecule has 0 aliphatic carbocycles. The minimum Gasteiger partial charge on any atom is -0.373 e. The number of nitrogens with one attached hydrogen (secondary N) is 1. The molecule has 0 saturated carbocycles. The van der Waals surface area contributed by atoms with Gasteiger partial charge in [-0.2, -0.15) is 0 Å². The van der Waals surface area contributed by atoms with E-state index in [1.54, 1.807) is 25.4 Å². The molecule has 0 fully saturated rings. The third kappa shape index (κ3) is 1.93. The zero-order chi connectivity index (χ0) is 9.84. The largest absolute Gasteiger partial charge is 0.373 e. The highest BCUT2D eigenvalue weighted by atomic mass is 16.1. The quantitative estimate of drug-likeness (QED) is 0.716. The van der Waals surface area contributed by atoms with Crippen molar-refractivity contribution < 1.29 is 4.79 Å². The fourth-order valence-electron chi connectivity index (χ4n) is 1.04. The van der Waals surface area contributed by atoms with Crippen LogP contribution < -0.4 is 5.32 Å². The van der Waals surface area contributed by atoms with Crippen LogP contribution in [0.1, 0.15) is 22.8 Å². The first-order valence-electron chi connectivity index (χ1n) is 4.00. The minimum absolute atomic E-state index is 0.0123. The second-order valence-corrected chi connectivity index (χ2v) is 2.67. The van der Waals surface area contributed by atoms with Crippen LogP contribution in [0.25, 0.3) is 6.08 Å². The van der Waals surface area contributed by atoms with E-state index in [2.05, 4.69) is 16.9 Å². The predicted octanol–water partition coefficient (Wildman–Crippen LogP) is 1.97. The van der Waals surface area contributed by atoms with Gasteiger partial charge in [-0.3, -0.25) is 4.79 Å². The number of anilines is 1. The molecule has 1 heterocycles. The van der Waals surface area contributed by atoms with Gasteiger partial charge in [-0.05, 0) is 13.0 Å². The smallest absolute Gasteiger partial charge is 0.161 e. The second-order valence-electron chi connectivity index (χ2n) is 2.67. The summed E-state index contributed by atoms with van der Waals surface area (Å²) >= 11 is 0. The van der Waals surface area contributed by atoms with Gasteiger partial charge in [-0.15, -0.1) is 0 Å². The number of hydrogen-bond donors (Lipinski definition) is 1. The van der Waals surface area contributed by atoms with Crippen molar-refractivity contribution in [3.05, 3.63) is 30.0 Å². The number of pyridine rings is 1. The first kappa shape index (κ1) is 9.45. The lowest BCUT2D eigenvalue weighted by Crippen LogP contribution is -1.99. The Kier molecular flexibility index (Phi) is 2.80. The van der Waals surface area contributed by atoms with E-state index in [1.165, 1.54) is 6.92 Å². The molecular formula is C10H12N2O. The summed E-state index contributed by atoms with van der Waals surface area (Å²) in [6, 6.07) is 1.77. The van der Waals surface area contributed by atoms with Gasteiger partial charge in [0.25, 0.3) is 0 Å². The zero-order valence-corrected chi connectivity index (χ0v) is 7.79. The molecule has 0 amide bonds. The van der Waals surface area contributed by atoms with Crippen LogP contribution in [0.15, 0.2) is 18.8 Å². The van der Waals surface area contributed by atoms with E-state index in [0.717, 1.165) is 11.4 Å². The predicted molar refractivity (Wildman–Crippen MR) is 53.9 cm³/mol. The monoisotopic (exact) mass is 176 g/mol. The molecule has 0 unspecified atom stereocenters. The Labute approximate surface area is 77.5 Å². The maximum Gasteiger partial charge on any atom is 0.161 e. The van der Waals surface area contributed by atoms with Crippen molar-refractivity contribution in [2.24, 2.45) is 0 Å². The third-order valence-corrected chi connectivity index (χ3v) is 1.78. The Morgan fingerprint density at radius 2 is 2.38 bits per heavy atom. The molecule has 1 aromatic heterocycles. The molecule has 0 aliphatic rings. The van der Waals surface area contributed by atoms with Crippen LogP contribution in [0.4, 0.5) is 5.82 Å². The highest BCUT2D eigenvalue weighted by Crippen LogP contribution is 2.14. The Morgan fingerprint density at radius 1 is 1.69 bits per heavy atom. The molecule has 13 heavy (non-hydrogen) atoms. The van der Waals surface area contributed by atoms with E-state index in [9.17, 15) is 4.79 Å². The lowest BCUT2D eigenvalue weighted by Gasteiger charge is -2.04. The number of ketones is 1. The highest BCUT2D eigenvalue weighted by molar-refractivity contribution is 5.94. The molecule has 0 bridgehead atoms. The number of carbonyl (C=O) groups is 1. The molecule has 1 aromatic rings. The van der Waals surface area contributed by atoms with Crippen molar-refractivity contribution in [3.63, 3.8) is 0 Å². The summed E-state index contributed by atoms with van der Waals surface area (Å²) in [6.07, 6.45) is 3.23. The summed E-state index contributed by atoms with van der Waals surface area (Å²) in [4.78, 5) is 15.1. The first-order chi connectivity index (χ1) is 6.19. The van der Waals surface area contributed by atoms with Crippen molar-refractivity contribution in [2.45, 2.75) is 6.92 Å². The van der Waals surface area contributed by atoms with Gasteiger partial charge >= 0.3 is 0 Å². The molecule has 0 spiro atoms. The number of carbonyl (C=O) groups excluding carboxylic acids is 1. The van der Waals surface area contributed by atoms with Crippen molar-refractivity contribution >= 4 is 17.7 Å².